The molecular weight excluding hydrogens is 411 g/mol. The minimum atomic E-state index is -0.618. The molecule has 2 aromatic heterocycles. The molecule has 0 bridgehead atoms. The molecule has 3 aromatic rings. The first-order valence-corrected chi connectivity index (χ1v) is 10.7. The molecule has 1 aliphatic rings. The second-order valence-electron chi connectivity index (χ2n) is 6.34. The van der Waals surface area contributed by atoms with Gasteiger partial charge in [0.1, 0.15) is 11.9 Å². The van der Waals surface area contributed by atoms with Crippen LogP contribution in [-0.2, 0) is 9.53 Å². The van der Waals surface area contributed by atoms with E-state index in [0.29, 0.717) is 26.2 Å². The fourth-order valence-corrected chi connectivity index (χ4v) is 5.10. The van der Waals surface area contributed by atoms with Gasteiger partial charge < -0.3 is 4.74 Å². The summed E-state index contributed by atoms with van der Waals surface area (Å²) < 4.78 is 21.2. The van der Waals surface area contributed by atoms with Gasteiger partial charge in [0.15, 0.2) is 4.80 Å². The highest BCUT2D eigenvalue weighted by Crippen LogP contribution is 2.33. The van der Waals surface area contributed by atoms with Gasteiger partial charge in [0, 0.05) is 10.4 Å². The van der Waals surface area contributed by atoms with Crippen molar-refractivity contribution in [2.75, 3.05) is 6.61 Å². The molecule has 148 valence electrons. The van der Waals surface area contributed by atoms with Gasteiger partial charge >= 0.3 is 5.97 Å². The van der Waals surface area contributed by atoms with Gasteiger partial charge in [-0.15, -0.1) is 11.3 Å². The number of esters is 1. The van der Waals surface area contributed by atoms with Gasteiger partial charge in [0.2, 0.25) is 0 Å². The van der Waals surface area contributed by atoms with Crippen molar-refractivity contribution in [3.05, 3.63) is 89.0 Å². The van der Waals surface area contributed by atoms with Gasteiger partial charge in [-0.2, -0.15) is 0 Å². The molecule has 1 atom stereocenters. The Kier molecular flexibility index (Phi) is 5.29. The van der Waals surface area contributed by atoms with Crippen LogP contribution in [0.2, 0.25) is 0 Å². The molecule has 0 spiro atoms. The van der Waals surface area contributed by atoms with E-state index in [0.717, 1.165) is 4.88 Å². The molecule has 0 N–H and O–H groups in total. The average molecular weight is 429 g/mol. The lowest BCUT2D eigenvalue weighted by atomic mass is 10.0. The Labute approximate surface area is 173 Å². The maximum absolute atomic E-state index is 14.1. The van der Waals surface area contributed by atoms with E-state index in [4.69, 9.17) is 4.74 Å². The van der Waals surface area contributed by atoms with E-state index < -0.39 is 17.8 Å². The van der Waals surface area contributed by atoms with Crippen LogP contribution >= 0.6 is 22.7 Å². The number of allylic oxidation sites excluding steroid dienone is 1. The lowest BCUT2D eigenvalue weighted by molar-refractivity contribution is -0.139. The fourth-order valence-electron chi connectivity index (χ4n) is 3.24. The zero-order chi connectivity index (χ0) is 20.5. The Morgan fingerprint density at radius 2 is 2.10 bits per heavy atom. The number of thiophene rings is 1. The maximum atomic E-state index is 14.1. The van der Waals surface area contributed by atoms with Crippen LogP contribution in [0, 0.1) is 5.82 Å². The molecule has 29 heavy (non-hydrogen) atoms. The summed E-state index contributed by atoms with van der Waals surface area (Å²) in [5, 5.41) is 1.89. The van der Waals surface area contributed by atoms with Crippen LogP contribution in [0.15, 0.2) is 62.8 Å². The number of hydrogen-bond acceptors (Lipinski definition) is 6. The molecule has 0 amide bonds. The quantitative estimate of drug-likeness (QED) is 0.601. The number of halogens is 1. The summed E-state index contributed by atoms with van der Waals surface area (Å²) in [7, 11) is 0. The summed E-state index contributed by atoms with van der Waals surface area (Å²) in [6.07, 6.45) is 1.52. The topological polar surface area (TPSA) is 60.7 Å². The third kappa shape index (κ3) is 3.49. The van der Waals surface area contributed by atoms with Crippen LogP contribution in [0.3, 0.4) is 0 Å². The lowest BCUT2D eigenvalue weighted by Crippen LogP contribution is -2.39. The second kappa shape index (κ2) is 7.88. The van der Waals surface area contributed by atoms with Crippen LogP contribution in [0.25, 0.3) is 6.08 Å². The summed E-state index contributed by atoms with van der Waals surface area (Å²) >= 11 is 2.63. The number of hydrogen-bond donors (Lipinski definition) is 0. The predicted molar refractivity (Wildman–Crippen MR) is 111 cm³/mol. The van der Waals surface area contributed by atoms with Gasteiger partial charge in [-0.05, 0) is 37.4 Å². The van der Waals surface area contributed by atoms with Crippen molar-refractivity contribution in [1.29, 1.82) is 0 Å². The largest absolute Gasteiger partial charge is 0.463 e. The first-order chi connectivity index (χ1) is 14.0. The van der Waals surface area contributed by atoms with E-state index in [1.807, 2.05) is 17.5 Å². The number of rotatable bonds is 4. The third-order valence-electron chi connectivity index (χ3n) is 4.52. The summed E-state index contributed by atoms with van der Waals surface area (Å²) in [5.41, 5.74) is 0.871. The van der Waals surface area contributed by atoms with E-state index in [2.05, 4.69) is 4.99 Å². The standard InChI is InChI=1S/C21H17FN2O3S2/c1-3-27-20(26)17-12(2)23-21-24(18(17)15-9-6-10-28-15)19(25)16(29-21)11-13-7-4-5-8-14(13)22/h4-11,18H,3H2,1-2H3/b16-11-. The molecule has 0 aliphatic carbocycles. The molecule has 1 aromatic carbocycles. The highest BCUT2D eigenvalue weighted by atomic mass is 32.1. The predicted octanol–water partition coefficient (Wildman–Crippen LogP) is 3.00. The van der Waals surface area contributed by atoms with Crippen LogP contribution < -0.4 is 14.9 Å². The fraction of sp³-hybridized carbons (Fsp3) is 0.190. The van der Waals surface area contributed by atoms with Crippen molar-refractivity contribution in [3.8, 4) is 0 Å². The molecule has 3 heterocycles. The van der Waals surface area contributed by atoms with Crippen LogP contribution in [0.4, 0.5) is 4.39 Å². The minimum Gasteiger partial charge on any atom is -0.463 e. The number of carbonyl (C=O) groups excluding carboxylic acids is 1. The SMILES string of the molecule is CCOC(=O)C1=C(C)N=c2s/c(=C\c3ccccc3F)c(=O)n2C1c1cccs1. The Hall–Kier alpha value is -2.84. The summed E-state index contributed by atoms with van der Waals surface area (Å²) in [4.78, 5) is 31.7. The number of ether oxygens (including phenoxy) is 1. The first kappa shape index (κ1) is 19.5. The number of thiazole rings is 1. The highest BCUT2D eigenvalue weighted by Gasteiger charge is 2.33. The van der Waals surface area contributed by atoms with Gasteiger partial charge in [-0.3, -0.25) is 9.36 Å². The van der Waals surface area contributed by atoms with E-state index in [9.17, 15) is 14.0 Å². The molecule has 4 rings (SSSR count). The molecule has 5 nitrogen and oxygen atoms in total. The number of fused-ring (bicyclic) bond motifs is 1. The normalized spacial score (nSPS) is 16.5. The highest BCUT2D eigenvalue weighted by molar-refractivity contribution is 7.10. The number of aromatic nitrogens is 1. The van der Waals surface area contributed by atoms with Crippen molar-refractivity contribution in [2.45, 2.75) is 19.9 Å². The van der Waals surface area contributed by atoms with Crippen LogP contribution in [0.5, 0.6) is 0 Å². The molecular formula is C21H17FN2O3S2. The zero-order valence-corrected chi connectivity index (χ0v) is 17.3. The molecule has 0 saturated heterocycles. The van der Waals surface area contributed by atoms with Crippen LogP contribution in [-0.4, -0.2) is 17.1 Å². The van der Waals surface area contributed by atoms with Gasteiger partial charge in [0.25, 0.3) is 5.56 Å². The molecule has 0 radical (unpaired) electrons. The first-order valence-electron chi connectivity index (χ1n) is 8.99. The number of benzene rings is 1. The smallest absolute Gasteiger partial charge is 0.338 e. The third-order valence-corrected chi connectivity index (χ3v) is 6.43. The van der Waals surface area contributed by atoms with Gasteiger partial charge in [0.05, 0.1) is 22.4 Å². The van der Waals surface area contributed by atoms with Gasteiger partial charge in [-0.25, -0.2) is 14.2 Å². The van der Waals surface area contributed by atoms with E-state index in [1.165, 1.54) is 39.4 Å². The van der Waals surface area contributed by atoms with Crippen molar-refractivity contribution in [1.82, 2.24) is 4.57 Å². The summed E-state index contributed by atoms with van der Waals surface area (Å²) in [6, 6.07) is 9.39. The molecule has 1 aliphatic heterocycles. The molecule has 8 heteroatoms. The second-order valence-corrected chi connectivity index (χ2v) is 8.33. The van der Waals surface area contributed by atoms with E-state index in [-0.39, 0.29) is 12.2 Å². The molecule has 0 saturated carbocycles. The Balaban J connectivity index is 1.96. The van der Waals surface area contributed by atoms with Gasteiger partial charge in [-0.1, -0.05) is 35.6 Å². The summed E-state index contributed by atoms with van der Waals surface area (Å²) in [6.45, 7) is 3.70. The Bertz CT molecular complexity index is 1290. The Morgan fingerprint density at radius 3 is 2.79 bits per heavy atom. The van der Waals surface area contributed by atoms with Crippen molar-refractivity contribution in [3.63, 3.8) is 0 Å². The zero-order valence-electron chi connectivity index (χ0n) is 15.7. The Morgan fingerprint density at radius 1 is 1.31 bits per heavy atom. The van der Waals surface area contributed by atoms with Crippen molar-refractivity contribution < 1.29 is 13.9 Å². The monoisotopic (exact) mass is 428 g/mol. The maximum Gasteiger partial charge on any atom is 0.338 e. The van der Waals surface area contributed by atoms with Crippen molar-refractivity contribution in [2.24, 2.45) is 4.99 Å². The average Bonchev–Trinajstić information content (AvgIpc) is 3.32. The van der Waals surface area contributed by atoms with Crippen molar-refractivity contribution >= 4 is 34.7 Å². The number of nitrogens with zero attached hydrogens (tertiary/aromatic N) is 2. The number of carbonyl (C=O) groups is 1. The van der Waals surface area contributed by atoms with E-state index >= 15 is 0 Å². The molecule has 1 unspecified atom stereocenters. The lowest BCUT2D eigenvalue weighted by Gasteiger charge is -2.23. The van der Waals surface area contributed by atoms with Crippen LogP contribution in [0.1, 0.15) is 30.3 Å². The molecule has 0 fully saturated rings. The minimum absolute atomic E-state index is 0.227. The summed E-state index contributed by atoms with van der Waals surface area (Å²) in [5.74, 6) is -0.896. The van der Waals surface area contributed by atoms with E-state index in [1.54, 1.807) is 32.0 Å².